The molecule has 5 rings (SSSR count). The highest BCUT2D eigenvalue weighted by molar-refractivity contribution is 6.34. The number of halogens is 2. The first-order chi connectivity index (χ1) is 25.8. The van der Waals surface area contributed by atoms with Gasteiger partial charge in [-0.2, -0.15) is 0 Å². The smallest absolute Gasteiger partial charge is 0.409 e. The number of amides is 2. The third-order valence-corrected chi connectivity index (χ3v) is 11.2. The average molecular weight is 789 g/mol. The minimum Gasteiger partial charge on any atom is -0.495 e. The quantitative estimate of drug-likeness (QED) is 0.185. The molecule has 0 radical (unpaired) electrons. The average Bonchev–Trinajstić information content (AvgIpc) is 3.83. The number of esters is 1. The molecule has 300 valence electrons. The Labute approximate surface area is 324 Å². The van der Waals surface area contributed by atoms with Crippen molar-refractivity contribution in [2.24, 2.45) is 5.92 Å². The summed E-state index contributed by atoms with van der Waals surface area (Å²) in [5, 5.41) is 26.3. The number of anilines is 2. The van der Waals surface area contributed by atoms with E-state index in [-0.39, 0.29) is 29.1 Å². The zero-order valence-electron chi connectivity index (χ0n) is 32.2. The summed E-state index contributed by atoms with van der Waals surface area (Å²) in [7, 11) is 5.88. The zero-order chi connectivity index (χ0) is 40.6. The van der Waals surface area contributed by atoms with Gasteiger partial charge in [0, 0.05) is 45.7 Å². The first-order valence-corrected chi connectivity index (χ1v) is 18.3. The Morgan fingerprint density at radius 1 is 1.24 bits per heavy atom. The molecular weight excluding hydrogens is 739 g/mol. The van der Waals surface area contributed by atoms with E-state index in [9.17, 15) is 29.0 Å². The minimum absolute atomic E-state index is 0.0764. The molecule has 1 unspecified atom stereocenters. The molecule has 3 heterocycles. The number of nitrogens with two attached hydrogens (primary N) is 1. The van der Waals surface area contributed by atoms with Crippen LogP contribution in [0.15, 0.2) is 54.1 Å². The van der Waals surface area contributed by atoms with E-state index in [0.717, 1.165) is 22.1 Å². The Bertz CT molecular complexity index is 1860. The fourth-order valence-electron chi connectivity index (χ4n) is 7.20. The number of nitrogens with zero attached hydrogens (tertiary/aromatic N) is 2. The van der Waals surface area contributed by atoms with E-state index in [1.54, 1.807) is 39.1 Å². The lowest BCUT2D eigenvalue weighted by Gasteiger charge is -2.42. The summed E-state index contributed by atoms with van der Waals surface area (Å²) in [5.41, 5.74) is 4.58. The van der Waals surface area contributed by atoms with E-state index in [1.807, 2.05) is 19.1 Å². The number of nitrogen functional groups attached to an aromatic ring is 1. The van der Waals surface area contributed by atoms with E-state index in [1.165, 1.54) is 45.2 Å². The number of epoxide rings is 1. The van der Waals surface area contributed by atoms with Gasteiger partial charge in [-0.25, -0.2) is 14.0 Å². The fourth-order valence-corrected chi connectivity index (χ4v) is 7.52. The van der Waals surface area contributed by atoms with Crippen LogP contribution in [0.1, 0.15) is 56.5 Å². The van der Waals surface area contributed by atoms with Gasteiger partial charge in [-0.05, 0) is 63.1 Å². The molecule has 14 nitrogen and oxygen atoms in total. The number of nitrogens with one attached hydrogen (secondary N) is 1. The van der Waals surface area contributed by atoms with Gasteiger partial charge >= 0.3 is 12.1 Å². The molecule has 2 amide bonds. The van der Waals surface area contributed by atoms with Crippen molar-refractivity contribution in [2.75, 3.05) is 38.9 Å². The van der Waals surface area contributed by atoms with Gasteiger partial charge in [0.1, 0.15) is 52.8 Å². The van der Waals surface area contributed by atoms with Gasteiger partial charge < -0.3 is 49.4 Å². The molecule has 2 saturated heterocycles. The molecule has 5 N–H and O–H groups in total. The van der Waals surface area contributed by atoms with Crippen molar-refractivity contribution >= 4 is 40.9 Å². The number of likely N-dealkylation sites (N-methyl/N-ethyl adjacent to an activating group) is 1. The topological polar surface area (TPSA) is 186 Å². The second kappa shape index (κ2) is 16.4. The molecule has 3 aliphatic rings. The Kier molecular flexibility index (Phi) is 12.4. The first-order valence-electron chi connectivity index (χ1n) is 17.9. The van der Waals surface area contributed by atoms with Gasteiger partial charge in [-0.15, -0.1) is 0 Å². The highest BCUT2D eigenvalue weighted by Crippen LogP contribution is 2.49. The summed E-state index contributed by atoms with van der Waals surface area (Å²) >= 11 is 6.79. The van der Waals surface area contributed by atoms with Crippen LogP contribution in [0.3, 0.4) is 0 Å². The first kappa shape index (κ1) is 41.7. The molecule has 2 fully saturated rings. The lowest BCUT2D eigenvalue weighted by atomic mass is 9.83. The van der Waals surface area contributed by atoms with Crippen LogP contribution in [0.2, 0.25) is 5.02 Å². The van der Waals surface area contributed by atoms with Crippen molar-refractivity contribution in [3.8, 4) is 5.75 Å². The summed E-state index contributed by atoms with van der Waals surface area (Å²) in [5.74, 6) is -2.66. The van der Waals surface area contributed by atoms with E-state index >= 15 is 0 Å². The number of alkyl carbamates (subject to hydrolysis) is 1. The third kappa shape index (κ3) is 8.70. The van der Waals surface area contributed by atoms with Crippen molar-refractivity contribution in [3.05, 3.63) is 76.1 Å². The molecule has 0 saturated carbocycles. The predicted octanol–water partition coefficient (Wildman–Crippen LogP) is 4.34. The Morgan fingerprint density at radius 3 is 2.60 bits per heavy atom. The fraction of sp³-hybridized carbons (Fsp3) is 0.513. The molecule has 16 heteroatoms. The molecule has 3 aliphatic heterocycles. The van der Waals surface area contributed by atoms with E-state index in [4.69, 9.17) is 41.0 Å². The lowest BCUT2D eigenvalue weighted by Crippen LogP contribution is -2.63. The van der Waals surface area contributed by atoms with Crippen molar-refractivity contribution < 1.29 is 52.7 Å². The van der Waals surface area contributed by atoms with Crippen molar-refractivity contribution in [1.82, 2.24) is 10.2 Å². The molecule has 55 heavy (non-hydrogen) atoms. The van der Waals surface area contributed by atoms with Crippen LogP contribution < -0.4 is 20.7 Å². The Hall–Kier alpha value is -4.41. The van der Waals surface area contributed by atoms with E-state index in [0.29, 0.717) is 17.9 Å². The number of allylic oxidation sites excluding steroid dienone is 3. The molecular formula is C39H50ClFN4O10. The van der Waals surface area contributed by atoms with Crippen LogP contribution in [-0.2, 0) is 30.2 Å². The summed E-state index contributed by atoms with van der Waals surface area (Å²) in [6.45, 7) is 6.83. The normalized spacial score (nSPS) is 31.7. The van der Waals surface area contributed by atoms with Crippen molar-refractivity contribution in [1.29, 1.82) is 0 Å². The van der Waals surface area contributed by atoms with Gasteiger partial charge in [0.25, 0.3) is 5.91 Å². The van der Waals surface area contributed by atoms with Crippen LogP contribution >= 0.6 is 11.6 Å². The molecule has 0 aliphatic carbocycles. The maximum absolute atomic E-state index is 14.7. The molecule has 9 atom stereocenters. The number of aliphatic hydroxyl groups excluding tert-OH is 1. The van der Waals surface area contributed by atoms with E-state index in [2.05, 4.69) is 5.32 Å². The maximum Gasteiger partial charge on any atom is 0.409 e. The second-order valence-corrected chi connectivity index (χ2v) is 15.1. The number of carbonyl (C=O) groups is 3. The van der Waals surface area contributed by atoms with E-state index < -0.39 is 77.7 Å². The van der Waals surface area contributed by atoms with Crippen molar-refractivity contribution in [2.45, 2.75) is 95.0 Å². The summed E-state index contributed by atoms with van der Waals surface area (Å²) in [6, 6.07) is 6.03. The van der Waals surface area contributed by atoms with Crippen LogP contribution in [0.5, 0.6) is 5.75 Å². The van der Waals surface area contributed by atoms with Crippen molar-refractivity contribution in [3.63, 3.8) is 0 Å². The SMILES string of the molecule is COc1cc2cc(c1Cl)N(C)C(O)C[C@H](OC(=O)[C@H](C)N(C)C(=O)c1ccc(N)cc1F)[C@]1(C)O[C@H]1[C@H](C)[C@@H]1C[C@@](O)(NC(=O)O1)[C@H](OC)/C=C/C=C(\C)C2. The Balaban J connectivity index is 1.52. The number of carbonyl (C=O) groups excluding carboxylic acids is 3. The zero-order valence-corrected chi connectivity index (χ0v) is 32.9. The highest BCUT2D eigenvalue weighted by Gasteiger charge is 2.64. The van der Waals surface area contributed by atoms with Crippen LogP contribution in [0, 0.1) is 11.7 Å². The summed E-state index contributed by atoms with van der Waals surface area (Å²) in [6.07, 6.45) is -0.437. The number of fused-ring (bicyclic) bond motifs is 5. The number of methoxy groups -OCH3 is 2. The van der Waals surface area contributed by atoms with Crippen LogP contribution in [0.25, 0.3) is 0 Å². The van der Waals surface area contributed by atoms with Gasteiger partial charge in [0.15, 0.2) is 5.72 Å². The predicted molar refractivity (Wildman–Crippen MR) is 202 cm³/mol. The van der Waals surface area contributed by atoms with Gasteiger partial charge in [0.05, 0.1) is 24.5 Å². The van der Waals surface area contributed by atoms with Gasteiger partial charge in [0.2, 0.25) is 0 Å². The van der Waals surface area contributed by atoms with Crippen LogP contribution in [-0.4, -0.2) is 109 Å². The number of hydrogen-bond acceptors (Lipinski definition) is 12. The summed E-state index contributed by atoms with van der Waals surface area (Å²) in [4.78, 5) is 42.6. The number of benzene rings is 2. The van der Waals surface area contributed by atoms with Gasteiger partial charge in [-0.3, -0.25) is 10.1 Å². The molecule has 4 bridgehead atoms. The standard InChI is InChI=1S/C39H50ClFN4O10/c1-20-10-9-11-30(52-8)39(50)19-29(53-37(49)43-39)21(2)34-38(4,55-34)31(18-32(46)45(6)27-15-23(14-20)16-28(51-7)33(27)40)54-36(48)22(3)44(5)35(47)25-13-12-24(42)17-26(25)41/h9-13,15-17,21-22,29-32,34,46,50H,14,18-19,42H2,1-8H3,(H,43,49)/b11-9+,20-10+/t21-,22+,29+,30-,31+,32?,34+,38+,39+/m1/s1. The molecule has 2 aromatic carbocycles. The third-order valence-electron chi connectivity index (χ3n) is 10.8. The molecule has 2 aromatic rings. The maximum atomic E-state index is 14.7. The van der Waals surface area contributed by atoms with Crippen LogP contribution in [0.4, 0.5) is 20.6 Å². The number of hydrogen-bond donors (Lipinski definition) is 4. The van der Waals surface area contributed by atoms with Gasteiger partial charge in [-0.1, -0.05) is 42.3 Å². The lowest BCUT2D eigenvalue weighted by molar-refractivity contribution is -0.158. The minimum atomic E-state index is -1.85. The second-order valence-electron chi connectivity index (χ2n) is 14.7. The number of ether oxygens (including phenoxy) is 5. The number of rotatable bonds is 6. The monoisotopic (exact) mass is 788 g/mol. The molecule has 0 aromatic heterocycles. The highest BCUT2D eigenvalue weighted by atomic mass is 35.5. The Morgan fingerprint density at radius 2 is 1.95 bits per heavy atom. The number of aliphatic hydroxyl groups is 2. The largest absolute Gasteiger partial charge is 0.495 e. The summed E-state index contributed by atoms with van der Waals surface area (Å²) < 4.78 is 43.9. The molecule has 0 spiro atoms.